The molecule has 0 aromatic heterocycles. The maximum atomic E-state index is 14.9. The SMILES string of the molecule is O=C1CC(c2ccccc2)CC2=C1C(c1c(F)cccc1Cl)Nc1ccccc1N2. The van der Waals surface area contributed by atoms with Gasteiger partial charge in [0.2, 0.25) is 0 Å². The van der Waals surface area contributed by atoms with Crippen LogP contribution in [0, 0.1) is 5.82 Å². The summed E-state index contributed by atoms with van der Waals surface area (Å²) in [5, 5.41) is 7.14. The molecule has 2 N–H and O–H groups in total. The fraction of sp³-hybridized carbons (Fsp3) is 0.160. The molecular formula is C25H20ClFN2O. The molecule has 5 heteroatoms. The molecule has 3 aromatic rings. The van der Waals surface area contributed by atoms with Crippen LogP contribution >= 0.6 is 11.6 Å². The van der Waals surface area contributed by atoms with Gasteiger partial charge in [-0.25, -0.2) is 4.39 Å². The molecule has 150 valence electrons. The molecule has 1 heterocycles. The molecule has 0 fully saturated rings. The Balaban J connectivity index is 1.66. The van der Waals surface area contributed by atoms with E-state index in [1.54, 1.807) is 12.1 Å². The highest BCUT2D eigenvalue weighted by molar-refractivity contribution is 6.31. The Morgan fingerprint density at radius 2 is 1.60 bits per heavy atom. The van der Waals surface area contributed by atoms with Crippen LogP contribution < -0.4 is 10.6 Å². The Hall–Kier alpha value is -3.11. The van der Waals surface area contributed by atoms with Crippen LogP contribution in [0.15, 0.2) is 84.1 Å². The standard InChI is InChI=1S/C25H20ClFN2O/c26-17-9-6-10-18(27)23(17)25-24-21(28-19-11-4-5-12-20(19)29-25)13-16(14-22(24)30)15-7-2-1-3-8-15/h1-12,16,25,28-29H,13-14H2. The topological polar surface area (TPSA) is 41.1 Å². The number of halogens is 2. The van der Waals surface area contributed by atoms with Crippen LogP contribution in [0.4, 0.5) is 15.8 Å². The van der Waals surface area contributed by atoms with E-state index in [1.165, 1.54) is 6.07 Å². The number of Topliss-reactive ketones (excluding diaryl/α,β-unsaturated/α-hetero) is 1. The first-order valence-corrected chi connectivity index (χ1v) is 10.4. The zero-order valence-corrected chi connectivity index (χ0v) is 16.9. The molecule has 3 aromatic carbocycles. The largest absolute Gasteiger partial charge is 0.372 e. The first-order valence-electron chi connectivity index (χ1n) is 9.99. The van der Waals surface area contributed by atoms with E-state index in [1.807, 2.05) is 42.5 Å². The second-order valence-electron chi connectivity index (χ2n) is 7.71. The molecule has 0 saturated heterocycles. The number of hydrogen-bond acceptors (Lipinski definition) is 3. The van der Waals surface area contributed by atoms with Crippen molar-refractivity contribution in [2.75, 3.05) is 10.6 Å². The Labute approximate surface area is 179 Å². The lowest BCUT2D eigenvalue weighted by atomic mass is 9.78. The average Bonchev–Trinajstić information content (AvgIpc) is 2.91. The number of anilines is 2. The van der Waals surface area contributed by atoms with Gasteiger partial charge in [-0.2, -0.15) is 0 Å². The summed E-state index contributed by atoms with van der Waals surface area (Å²) in [5.41, 5.74) is 4.48. The molecule has 0 radical (unpaired) electrons. The van der Waals surface area contributed by atoms with Gasteiger partial charge in [-0.3, -0.25) is 4.79 Å². The quantitative estimate of drug-likeness (QED) is 0.501. The zero-order valence-electron chi connectivity index (χ0n) is 16.2. The second kappa shape index (κ2) is 7.62. The molecule has 1 aliphatic heterocycles. The van der Waals surface area contributed by atoms with Crippen molar-refractivity contribution in [2.45, 2.75) is 24.8 Å². The van der Waals surface area contributed by atoms with E-state index >= 15 is 0 Å². The highest BCUT2D eigenvalue weighted by atomic mass is 35.5. The van der Waals surface area contributed by atoms with E-state index in [9.17, 15) is 9.18 Å². The van der Waals surface area contributed by atoms with Gasteiger partial charge in [0.1, 0.15) is 5.82 Å². The fourth-order valence-electron chi connectivity index (χ4n) is 4.46. The predicted octanol–water partition coefficient (Wildman–Crippen LogP) is 6.46. The van der Waals surface area contributed by atoms with Crippen LogP contribution in [0.3, 0.4) is 0 Å². The number of rotatable bonds is 2. The summed E-state index contributed by atoms with van der Waals surface area (Å²) in [4.78, 5) is 13.4. The third kappa shape index (κ3) is 3.27. The lowest BCUT2D eigenvalue weighted by Gasteiger charge is -2.30. The molecule has 0 saturated carbocycles. The summed E-state index contributed by atoms with van der Waals surface area (Å²) in [6.45, 7) is 0. The molecule has 2 aliphatic rings. The summed E-state index contributed by atoms with van der Waals surface area (Å²) < 4.78 is 14.9. The molecule has 5 rings (SSSR count). The first kappa shape index (κ1) is 18.9. The van der Waals surface area contributed by atoms with E-state index in [0.717, 1.165) is 22.6 Å². The van der Waals surface area contributed by atoms with Crippen molar-refractivity contribution in [1.82, 2.24) is 0 Å². The Bertz CT molecular complexity index is 1140. The minimum absolute atomic E-state index is 0.00206. The fourth-order valence-corrected chi connectivity index (χ4v) is 4.73. The van der Waals surface area contributed by atoms with E-state index in [4.69, 9.17) is 11.6 Å². The number of benzene rings is 3. The molecular weight excluding hydrogens is 399 g/mol. The normalized spacial score (nSPS) is 20.5. The summed E-state index contributed by atoms with van der Waals surface area (Å²) in [6.07, 6.45) is 1.05. The van der Waals surface area contributed by atoms with Gasteiger partial charge in [0.05, 0.1) is 17.4 Å². The van der Waals surface area contributed by atoms with Crippen molar-refractivity contribution in [3.05, 3.63) is 106 Å². The summed E-state index contributed by atoms with van der Waals surface area (Å²) in [6, 6.07) is 21.7. The van der Waals surface area contributed by atoms with Crippen molar-refractivity contribution in [2.24, 2.45) is 0 Å². The monoisotopic (exact) mass is 418 g/mol. The maximum absolute atomic E-state index is 14.9. The summed E-state index contributed by atoms with van der Waals surface area (Å²) in [5.74, 6) is -0.349. The van der Waals surface area contributed by atoms with Crippen LogP contribution in [-0.4, -0.2) is 5.78 Å². The number of carbonyl (C=O) groups excluding carboxylic acids is 1. The van der Waals surface area contributed by atoms with E-state index in [0.29, 0.717) is 29.0 Å². The molecule has 1 aliphatic carbocycles. The van der Waals surface area contributed by atoms with Crippen molar-refractivity contribution < 1.29 is 9.18 Å². The Morgan fingerprint density at radius 1 is 0.867 bits per heavy atom. The number of hydrogen-bond donors (Lipinski definition) is 2. The summed E-state index contributed by atoms with van der Waals surface area (Å²) >= 11 is 6.41. The number of allylic oxidation sites excluding steroid dienone is 1. The second-order valence-corrected chi connectivity index (χ2v) is 8.12. The van der Waals surface area contributed by atoms with Crippen molar-refractivity contribution >= 4 is 28.8 Å². The highest BCUT2D eigenvalue weighted by Gasteiger charge is 2.37. The minimum Gasteiger partial charge on any atom is -0.372 e. The van der Waals surface area contributed by atoms with Gasteiger partial charge in [-0.1, -0.05) is 60.1 Å². The number of nitrogens with one attached hydrogen (secondary N) is 2. The van der Waals surface area contributed by atoms with Gasteiger partial charge in [0.25, 0.3) is 0 Å². The molecule has 0 bridgehead atoms. The average molecular weight is 419 g/mol. The number of para-hydroxylation sites is 2. The molecule has 0 amide bonds. The predicted molar refractivity (Wildman–Crippen MR) is 118 cm³/mol. The van der Waals surface area contributed by atoms with Crippen LogP contribution in [0.25, 0.3) is 0 Å². The molecule has 2 unspecified atom stereocenters. The van der Waals surface area contributed by atoms with Gasteiger partial charge in [-0.15, -0.1) is 0 Å². The van der Waals surface area contributed by atoms with E-state index < -0.39 is 11.9 Å². The highest BCUT2D eigenvalue weighted by Crippen LogP contribution is 2.45. The maximum Gasteiger partial charge on any atom is 0.163 e. The van der Waals surface area contributed by atoms with E-state index in [-0.39, 0.29) is 11.7 Å². The number of ketones is 1. The zero-order chi connectivity index (χ0) is 20.7. The van der Waals surface area contributed by atoms with Crippen molar-refractivity contribution in [3.8, 4) is 0 Å². The van der Waals surface area contributed by atoms with Crippen LogP contribution in [0.5, 0.6) is 0 Å². The lowest BCUT2D eigenvalue weighted by molar-refractivity contribution is -0.116. The van der Waals surface area contributed by atoms with Crippen molar-refractivity contribution in [1.29, 1.82) is 0 Å². The lowest BCUT2D eigenvalue weighted by Crippen LogP contribution is -2.27. The third-order valence-electron chi connectivity index (χ3n) is 5.87. The molecule has 3 nitrogen and oxygen atoms in total. The van der Waals surface area contributed by atoms with Crippen LogP contribution in [0.1, 0.15) is 35.9 Å². The number of carbonyl (C=O) groups is 1. The molecule has 2 atom stereocenters. The van der Waals surface area contributed by atoms with E-state index in [2.05, 4.69) is 22.8 Å². The first-order chi connectivity index (χ1) is 14.6. The molecule has 30 heavy (non-hydrogen) atoms. The van der Waals surface area contributed by atoms with Crippen molar-refractivity contribution in [3.63, 3.8) is 0 Å². The van der Waals surface area contributed by atoms with Gasteiger partial charge in [0.15, 0.2) is 5.78 Å². The van der Waals surface area contributed by atoms with Gasteiger partial charge >= 0.3 is 0 Å². The number of fused-ring (bicyclic) bond motifs is 1. The van der Waals surface area contributed by atoms with Crippen LogP contribution in [-0.2, 0) is 4.79 Å². The third-order valence-corrected chi connectivity index (χ3v) is 6.20. The van der Waals surface area contributed by atoms with Gasteiger partial charge in [0, 0.05) is 28.3 Å². The smallest absolute Gasteiger partial charge is 0.163 e. The Morgan fingerprint density at radius 3 is 2.37 bits per heavy atom. The molecule has 0 spiro atoms. The van der Waals surface area contributed by atoms with Crippen LogP contribution in [0.2, 0.25) is 5.02 Å². The Kier molecular flexibility index (Phi) is 4.80. The summed E-state index contributed by atoms with van der Waals surface area (Å²) in [7, 11) is 0. The minimum atomic E-state index is -0.658. The van der Waals surface area contributed by atoms with Gasteiger partial charge in [-0.05, 0) is 42.2 Å². The van der Waals surface area contributed by atoms with Gasteiger partial charge < -0.3 is 10.6 Å².